The molecule has 0 saturated heterocycles. The second-order valence-electron chi connectivity index (χ2n) is 7.46. The zero-order valence-corrected chi connectivity index (χ0v) is 20.0. The fourth-order valence-corrected chi connectivity index (χ4v) is 6.06. The highest BCUT2D eigenvalue weighted by atomic mass is 35.5. The lowest BCUT2D eigenvalue weighted by Gasteiger charge is -2.15. The molecule has 0 aromatic heterocycles. The van der Waals surface area contributed by atoms with E-state index in [1.165, 1.54) is 54.6 Å². The first-order chi connectivity index (χ1) is 16.0. The van der Waals surface area contributed by atoms with E-state index in [9.17, 15) is 26.4 Å². The maximum Gasteiger partial charge on any atom is 0.269 e. The summed E-state index contributed by atoms with van der Waals surface area (Å²) < 4.78 is 53.3. The first kappa shape index (κ1) is 23.7. The van der Waals surface area contributed by atoms with Crippen LogP contribution in [0.4, 0.5) is 11.4 Å². The van der Waals surface area contributed by atoms with Gasteiger partial charge in [-0.05, 0) is 61.0 Å². The Morgan fingerprint density at radius 3 is 2.29 bits per heavy atom. The van der Waals surface area contributed by atoms with Gasteiger partial charge in [-0.1, -0.05) is 29.8 Å². The number of amides is 2. The Balaban J connectivity index is 1.44. The Labute approximate surface area is 201 Å². The lowest BCUT2D eigenvalue weighted by atomic mass is 10.2. The van der Waals surface area contributed by atoms with Gasteiger partial charge in [0, 0.05) is 10.7 Å². The third kappa shape index (κ3) is 4.49. The average Bonchev–Trinajstić information content (AvgIpc) is 2.97. The van der Waals surface area contributed by atoms with Crippen molar-refractivity contribution in [1.29, 1.82) is 0 Å². The quantitative estimate of drug-likeness (QED) is 0.514. The smallest absolute Gasteiger partial charge is 0.269 e. The van der Waals surface area contributed by atoms with Gasteiger partial charge in [-0.15, -0.1) is 0 Å². The van der Waals surface area contributed by atoms with Gasteiger partial charge in [-0.2, -0.15) is 0 Å². The van der Waals surface area contributed by atoms with Crippen molar-refractivity contribution in [2.75, 3.05) is 16.6 Å². The van der Waals surface area contributed by atoms with E-state index in [4.69, 9.17) is 11.6 Å². The van der Waals surface area contributed by atoms with Crippen LogP contribution in [0.1, 0.15) is 15.9 Å². The monoisotopic (exact) mass is 519 g/mol. The van der Waals surface area contributed by atoms with E-state index in [0.29, 0.717) is 15.0 Å². The summed E-state index contributed by atoms with van der Waals surface area (Å²) >= 11 is 6.03. The van der Waals surface area contributed by atoms with E-state index < -0.39 is 38.4 Å². The number of sulfonamides is 2. The number of carbonyl (C=O) groups excluding carboxylic acids is 2. The van der Waals surface area contributed by atoms with Crippen LogP contribution in [0.15, 0.2) is 76.5 Å². The van der Waals surface area contributed by atoms with Gasteiger partial charge in [0.1, 0.15) is 11.4 Å². The first-order valence-corrected chi connectivity index (χ1v) is 13.1. The molecule has 34 heavy (non-hydrogen) atoms. The molecule has 0 spiro atoms. The van der Waals surface area contributed by atoms with Crippen LogP contribution in [-0.4, -0.2) is 39.5 Å². The minimum absolute atomic E-state index is 0.00669. The molecule has 2 amide bonds. The van der Waals surface area contributed by atoms with Crippen molar-refractivity contribution in [2.24, 2.45) is 0 Å². The number of anilines is 2. The van der Waals surface area contributed by atoms with E-state index in [1.54, 1.807) is 19.1 Å². The number of nitrogens with zero attached hydrogens (tertiary/aromatic N) is 1. The molecule has 12 heteroatoms. The van der Waals surface area contributed by atoms with E-state index in [1.807, 2.05) is 0 Å². The van der Waals surface area contributed by atoms with Gasteiger partial charge in [0.05, 0.1) is 16.1 Å². The summed E-state index contributed by atoms with van der Waals surface area (Å²) in [7, 11) is -8.03. The summed E-state index contributed by atoms with van der Waals surface area (Å²) in [6.07, 6.45) is 0. The molecule has 0 aliphatic carbocycles. The van der Waals surface area contributed by atoms with E-state index in [0.717, 1.165) is 5.56 Å². The molecule has 3 aromatic rings. The highest BCUT2D eigenvalue weighted by Gasteiger charge is 2.41. The molecule has 0 atom stereocenters. The van der Waals surface area contributed by atoms with Crippen LogP contribution in [0.5, 0.6) is 0 Å². The van der Waals surface area contributed by atoms with Crippen LogP contribution in [0, 0.1) is 6.92 Å². The molecule has 3 aromatic carbocycles. The summed E-state index contributed by atoms with van der Waals surface area (Å²) in [6, 6.07) is 15.7. The molecule has 0 fully saturated rings. The van der Waals surface area contributed by atoms with Crippen molar-refractivity contribution in [3.8, 4) is 0 Å². The Morgan fingerprint density at radius 2 is 1.65 bits per heavy atom. The number of hydrogen-bond acceptors (Lipinski definition) is 6. The molecule has 1 aliphatic rings. The number of rotatable bonds is 6. The van der Waals surface area contributed by atoms with Gasteiger partial charge < -0.3 is 5.32 Å². The van der Waals surface area contributed by atoms with Gasteiger partial charge in [-0.3, -0.25) is 14.3 Å². The number of halogens is 1. The lowest BCUT2D eigenvalue weighted by molar-refractivity contribution is -0.116. The number of hydrogen-bond donors (Lipinski definition) is 2. The Morgan fingerprint density at radius 1 is 1.00 bits per heavy atom. The topological polar surface area (TPSA) is 130 Å². The second-order valence-corrected chi connectivity index (χ2v) is 11.4. The molecule has 1 heterocycles. The highest BCUT2D eigenvalue weighted by Crippen LogP contribution is 2.29. The molecule has 0 saturated carbocycles. The zero-order valence-electron chi connectivity index (χ0n) is 17.6. The summed E-state index contributed by atoms with van der Waals surface area (Å²) in [5.74, 6) is -1.54. The maximum atomic E-state index is 12.6. The van der Waals surface area contributed by atoms with E-state index in [2.05, 4.69) is 10.0 Å². The average molecular weight is 520 g/mol. The summed E-state index contributed by atoms with van der Waals surface area (Å²) in [5.41, 5.74) is 1.33. The Kier molecular flexibility index (Phi) is 6.11. The molecule has 0 radical (unpaired) electrons. The van der Waals surface area contributed by atoms with Crippen molar-refractivity contribution in [3.05, 3.63) is 82.9 Å². The fraction of sp³-hybridized carbons (Fsp3) is 0.0909. The third-order valence-corrected chi connectivity index (χ3v) is 8.66. The minimum Gasteiger partial charge on any atom is -0.325 e. The standard InChI is InChI=1S/C22H18ClN3O6S2/c1-14-6-7-16(12-19(14)23)25-33(29,30)17-10-8-15(9-11-17)24-21(27)13-26-22(28)18-4-2-3-5-20(18)34(26,31)32/h2-12,25H,13H2,1H3,(H,24,27). The highest BCUT2D eigenvalue weighted by molar-refractivity contribution is 7.92. The number of benzene rings is 3. The first-order valence-electron chi connectivity index (χ1n) is 9.84. The fourth-order valence-electron chi connectivity index (χ4n) is 3.31. The summed E-state index contributed by atoms with van der Waals surface area (Å²) in [5, 5.41) is 2.88. The van der Waals surface area contributed by atoms with E-state index in [-0.39, 0.29) is 21.0 Å². The third-order valence-electron chi connectivity index (χ3n) is 5.07. The number of aryl methyl sites for hydroxylation is 1. The molecule has 0 unspecified atom stereocenters. The molecule has 9 nitrogen and oxygen atoms in total. The van der Waals surface area contributed by atoms with Crippen LogP contribution < -0.4 is 10.0 Å². The molecule has 176 valence electrons. The van der Waals surface area contributed by atoms with Gasteiger partial charge in [-0.25, -0.2) is 21.1 Å². The maximum absolute atomic E-state index is 12.6. The van der Waals surface area contributed by atoms with E-state index >= 15 is 0 Å². The molecule has 0 bridgehead atoms. The Bertz CT molecular complexity index is 1520. The van der Waals surface area contributed by atoms with Crippen LogP contribution in [0.2, 0.25) is 5.02 Å². The van der Waals surface area contributed by atoms with Crippen molar-refractivity contribution in [1.82, 2.24) is 4.31 Å². The number of fused-ring (bicyclic) bond motifs is 1. The normalized spacial score (nSPS) is 14.5. The van der Waals surface area contributed by atoms with Crippen LogP contribution in [0.3, 0.4) is 0 Å². The number of nitrogens with one attached hydrogen (secondary N) is 2. The van der Waals surface area contributed by atoms with Crippen LogP contribution >= 0.6 is 11.6 Å². The van der Waals surface area contributed by atoms with Gasteiger partial charge in [0.25, 0.3) is 26.0 Å². The molecule has 4 rings (SSSR count). The molecular formula is C22H18ClN3O6S2. The number of carbonyl (C=O) groups is 2. The van der Waals surface area contributed by atoms with Crippen LogP contribution in [-0.2, 0) is 24.8 Å². The lowest BCUT2D eigenvalue weighted by Crippen LogP contribution is -2.37. The van der Waals surface area contributed by atoms with Gasteiger partial charge in [0.2, 0.25) is 5.91 Å². The SMILES string of the molecule is Cc1ccc(NS(=O)(=O)c2ccc(NC(=O)CN3C(=O)c4ccccc4S3(=O)=O)cc2)cc1Cl. The van der Waals surface area contributed by atoms with Crippen molar-refractivity contribution in [2.45, 2.75) is 16.7 Å². The van der Waals surface area contributed by atoms with Crippen LogP contribution in [0.25, 0.3) is 0 Å². The summed E-state index contributed by atoms with van der Waals surface area (Å²) in [4.78, 5) is 24.6. The molecule has 2 N–H and O–H groups in total. The zero-order chi connectivity index (χ0) is 24.7. The summed E-state index contributed by atoms with van der Waals surface area (Å²) in [6.45, 7) is 1.08. The predicted octanol–water partition coefficient (Wildman–Crippen LogP) is 3.23. The second kappa shape index (κ2) is 8.75. The predicted molar refractivity (Wildman–Crippen MR) is 127 cm³/mol. The van der Waals surface area contributed by atoms with Crippen molar-refractivity contribution < 1.29 is 26.4 Å². The molecular weight excluding hydrogens is 502 g/mol. The van der Waals surface area contributed by atoms with Gasteiger partial charge in [0.15, 0.2) is 0 Å². The Hall–Kier alpha value is -3.41. The van der Waals surface area contributed by atoms with Crippen molar-refractivity contribution >= 4 is 54.8 Å². The minimum atomic E-state index is -4.12. The largest absolute Gasteiger partial charge is 0.325 e. The molecule has 1 aliphatic heterocycles. The van der Waals surface area contributed by atoms with Crippen molar-refractivity contribution in [3.63, 3.8) is 0 Å². The van der Waals surface area contributed by atoms with Gasteiger partial charge >= 0.3 is 0 Å².